The van der Waals surface area contributed by atoms with Gasteiger partial charge in [-0.25, -0.2) is 0 Å². The van der Waals surface area contributed by atoms with Gasteiger partial charge >= 0.3 is 0 Å². The Labute approximate surface area is 110 Å². The standard InChI is InChI=1S/C13H18BrNO2/c1-16-11-6-9(7-12(17-2)13(11)14)10(15)5-8-3-4-8/h6-8,10H,3-5,15H2,1-2H3/t10-/m0/s1. The number of hydrogen-bond acceptors (Lipinski definition) is 3. The van der Waals surface area contributed by atoms with Crippen molar-refractivity contribution in [1.82, 2.24) is 0 Å². The Bertz CT molecular complexity index is 379. The normalized spacial score (nSPS) is 16.7. The Morgan fingerprint density at radius 1 is 1.29 bits per heavy atom. The molecule has 1 aromatic rings. The first-order chi connectivity index (χ1) is 8.15. The predicted molar refractivity (Wildman–Crippen MR) is 71.5 cm³/mol. The van der Waals surface area contributed by atoms with Gasteiger partial charge in [-0.2, -0.15) is 0 Å². The predicted octanol–water partition coefficient (Wildman–Crippen LogP) is 3.27. The van der Waals surface area contributed by atoms with Crippen molar-refractivity contribution in [2.24, 2.45) is 11.7 Å². The molecule has 17 heavy (non-hydrogen) atoms. The van der Waals surface area contributed by atoms with Gasteiger partial charge < -0.3 is 15.2 Å². The van der Waals surface area contributed by atoms with Crippen molar-refractivity contribution >= 4 is 15.9 Å². The Kier molecular flexibility index (Phi) is 3.94. The Balaban J connectivity index is 2.25. The molecule has 0 radical (unpaired) electrons. The Morgan fingerprint density at radius 3 is 2.24 bits per heavy atom. The summed E-state index contributed by atoms with van der Waals surface area (Å²) in [5, 5.41) is 0. The quantitative estimate of drug-likeness (QED) is 0.907. The molecule has 0 unspecified atom stereocenters. The zero-order valence-corrected chi connectivity index (χ0v) is 11.8. The van der Waals surface area contributed by atoms with Crippen LogP contribution in [0.2, 0.25) is 0 Å². The second-order valence-corrected chi connectivity index (χ2v) is 5.32. The van der Waals surface area contributed by atoms with E-state index in [1.807, 2.05) is 12.1 Å². The molecule has 4 heteroatoms. The van der Waals surface area contributed by atoms with Crippen molar-refractivity contribution < 1.29 is 9.47 Å². The van der Waals surface area contributed by atoms with Crippen LogP contribution >= 0.6 is 15.9 Å². The van der Waals surface area contributed by atoms with Gasteiger partial charge in [0.05, 0.1) is 14.2 Å². The highest BCUT2D eigenvalue weighted by atomic mass is 79.9. The third-order valence-corrected chi connectivity index (χ3v) is 3.96. The number of methoxy groups -OCH3 is 2. The number of rotatable bonds is 5. The maximum absolute atomic E-state index is 6.21. The van der Waals surface area contributed by atoms with Crippen molar-refractivity contribution in [3.8, 4) is 11.5 Å². The molecule has 0 aromatic heterocycles. The minimum atomic E-state index is 0.0680. The molecular weight excluding hydrogens is 282 g/mol. The van der Waals surface area contributed by atoms with Gasteiger partial charge in [0.15, 0.2) is 0 Å². The molecule has 2 rings (SSSR count). The van der Waals surface area contributed by atoms with E-state index in [4.69, 9.17) is 15.2 Å². The summed E-state index contributed by atoms with van der Waals surface area (Å²) < 4.78 is 11.5. The number of hydrogen-bond donors (Lipinski definition) is 1. The van der Waals surface area contributed by atoms with Crippen LogP contribution in [0.3, 0.4) is 0 Å². The minimum absolute atomic E-state index is 0.0680. The van der Waals surface area contributed by atoms with Gasteiger partial charge in [0.1, 0.15) is 16.0 Å². The first kappa shape index (κ1) is 12.7. The first-order valence-electron chi connectivity index (χ1n) is 5.82. The van der Waals surface area contributed by atoms with Crippen LogP contribution in [-0.4, -0.2) is 14.2 Å². The molecule has 1 fully saturated rings. The van der Waals surface area contributed by atoms with Gasteiger partial charge in [-0.3, -0.25) is 0 Å². The summed E-state index contributed by atoms with van der Waals surface area (Å²) >= 11 is 3.46. The molecule has 1 aliphatic rings. The molecular formula is C13H18BrNO2. The fraction of sp³-hybridized carbons (Fsp3) is 0.538. The molecule has 1 aromatic carbocycles. The minimum Gasteiger partial charge on any atom is -0.495 e. The number of ether oxygens (including phenoxy) is 2. The fourth-order valence-corrected chi connectivity index (χ4v) is 2.51. The molecule has 0 amide bonds. The Morgan fingerprint density at radius 2 is 1.82 bits per heavy atom. The lowest BCUT2D eigenvalue weighted by molar-refractivity contribution is 0.387. The summed E-state index contributed by atoms with van der Waals surface area (Å²) in [5.74, 6) is 2.35. The lowest BCUT2D eigenvalue weighted by Gasteiger charge is -2.16. The second kappa shape index (κ2) is 5.27. The first-order valence-corrected chi connectivity index (χ1v) is 6.62. The largest absolute Gasteiger partial charge is 0.495 e. The molecule has 2 N–H and O–H groups in total. The number of nitrogens with two attached hydrogens (primary N) is 1. The maximum Gasteiger partial charge on any atom is 0.137 e. The van der Waals surface area contributed by atoms with Crippen molar-refractivity contribution in [1.29, 1.82) is 0 Å². The van der Waals surface area contributed by atoms with Gasteiger partial charge in [0, 0.05) is 6.04 Å². The van der Waals surface area contributed by atoms with E-state index in [1.165, 1.54) is 12.8 Å². The SMILES string of the molecule is COc1cc([C@@H](N)CC2CC2)cc(OC)c1Br. The molecule has 0 spiro atoms. The van der Waals surface area contributed by atoms with Crippen LogP contribution in [0.1, 0.15) is 30.9 Å². The maximum atomic E-state index is 6.21. The van der Waals surface area contributed by atoms with E-state index in [0.717, 1.165) is 33.9 Å². The van der Waals surface area contributed by atoms with E-state index in [0.29, 0.717) is 0 Å². The monoisotopic (exact) mass is 299 g/mol. The van der Waals surface area contributed by atoms with E-state index < -0.39 is 0 Å². The van der Waals surface area contributed by atoms with E-state index in [1.54, 1.807) is 14.2 Å². The summed E-state index contributed by atoms with van der Waals surface area (Å²) in [5.41, 5.74) is 7.28. The molecule has 94 valence electrons. The van der Waals surface area contributed by atoms with E-state index >= 15 is 0 Å². The molecule has 1 atom stereocenters. The van der Waals surface area contributed by atoms with Gasteiger partial charge in [-0.15, -0.1) is 0 Å². The van der Waals surface area contributed by atoms with Gasteiger partial charge in [0.2, 0.25) is 0 Å². The average molecular weight is 300 g/mol. The van der Waals surface area contributed by atoms with Gasteiger partial charge in [-0.1, -0.05) is 12.8 Å². The van der Waals surface area contributed by atoms with Crippen molar-refractivity contribution in [2.45, 2.75) is 25.3 Å². The summed E-state index contributed by atoms with van der Waals surface area (Å²) in [4.78, 5) is 0. The van der Waals surface area contributed by atoms with Crippen LogP contribution in [0, 0.1) is 5.92 Å². The van der Waals surface area contributed by atoms with E-state index in [-0.39, 0.29) is 6.04 Å². The topological polar surface area (TPSA) is 44.5 Å². The number of halogens is 1. The zero-order chi connectivity index (χ0) is 12.4. The molecule has 0 saturated heterocycles. The van der Waals surface area contributed by atoms with Crippen molar-refractivity contribution in [2.75, 3.05) is 14.2 Å². The van der Waals surface area contributed by atoms with E-state index in [2.05, 4.69) is 15.9 Å². The van der Waals surface area contributed by atoms with Crippen LogP contribution in [0.25, 0.3) is 0 Å². The van der Waals surface area contributed by atoms with Crippen LogP contribution in [-0.2, 0) is 0 Å². The molecule has 1 aliphatic carbocycles. The van der Waals surface area contributed by atoms with Crippen LogP contribution in [0.5, 0.6) is 11.5 Å². The summed E-state index contributed by atoms with van der Waals surface area (Å²) in [6, 6.07) is 4.04. The molecule has 0 bridgehead atoms. The molecule has 0 heterocycles. The fourth-order valence-electron chi connectivity index (χ4n) is 1.95. The Hall–Kier alpha value is -0.740. The second-order valence-electron chi connectivity index (χ2n) is 4.52. The highest BCUT2D eigenvalue weighted by molar-refractivity contribution is 9.10. The lowest BCUT2D eigenvalue weighted by Crippen LogP contribution is -2.11. The third-order valence-electron chi connectivity index (χ3n) is 3.18. The van der Waals surface area contributed by atoms with Crippen LogP contribution in [0.15, 0.2) is 16.6 Å². The van der Waals surface area contributed by atoms with Crippen LogP contribution < -0.4 is 15.2 Å². The third kappa shape index (κ3) is 2.93. The highest BCUT2D eigenvalue weighted by Gasteiger charge is 2.25. The summed E-state index contributed by atoms with van der Waals surface area (Å²) in [6.45, 7) is 0. The molecule has 1 saturated carbocycles. The zero-order valence-electron chi connectivity index (χ0n) is 10.2. The van der Waals surface area contributed by atoms with Crippen LogP contribution in [0.4, 0.5) is 0 Å². The van der Waals surface area contributed by atoms with E-state index in [9.17, 15) is 0 Å². The summed E-state index contributed by atoms with van der Waals surface area (Å²) in [7, 11) is 3.30. The molecule has 3 nitrogen and oxygen atoms in total. The average Bonchev–Trinajstić information content (AvgIpc) is 3.13. The summed E-state index contributed by atoms with van der Waals surface area (Å²) in [6.07, 6.45) is 3.69. The lowest BCUT2D eigenvalue weighted by atomic mass is 10.0. The van der Waals surface area contributed by atoms with Gasteiger partial charge in [-0.05, 0) is 46.0 Å². The molecule has 0 aliphatic heterocycles. The van der Waals surface area contributed by atoms with Gasteiger partial charge in [0.25, 0.3) is 0 Å². The highest BCUT2D eigenvalue weighted by Crippen LogP contribution is 2.41. The smallest absolute Gasteiger partial charge is 0.137 e. The van der Waals surface area contributed by atoms with Crippen molar-refractivity contribution in [3.63, 3.8) is 0 Å². The number of benzene rings is 1. The van der Waals surface area contributed by atoms with Crippen molar-refractivity contribution in [3.05, 3.63) is 22.2 Å².